The second-order valence-corrected chi connectivity index (χ2v) is 5.62. The molecular weight excluding hydrogens is 252 g/mol. The Labute approximate surface area is 110 Å². The maximum absolute atomic E-state index is 12.2. The molecule has 18 heavy (non-hydrogen) atoms. The topological polar surface area (TPSA) is 75.8 Å². The first-order chi connectivity index (χ1) is 8.52. The second kappa shape index (κ2) is 5.26. The quantitative estimate of drug-likeness (QED) is 0.857. The molecule has 100 valence electrons. The molecule has 5 nitrogen and oxygen atoms in total. The van der Waals surface area contributed by atoms with Crippen LogP contribution in [-0.2, 0) is 4.74 Å². The molecule has 6 heteroatoms. The van der Waals surface area contributed by atoms with E-state index in [9.17, 15) is 9.90 Å². The molecule has 0 aromatic carbocycles. The van der Waals surface area contributed by atoms with E-state index in [1.807, 2.05) is 0 Å². The largest absolute Gasteiger partial charge is 0.397 e. The van der Waals surface area contributed by atoms with E-state index in [4.69, 9.17) is 10.5 Å². The van der Waals surface area contributed by atoms with Crippen LogP contribution in [0, 0.1) is 0 Å². The van der Waals surface area contributed by atoms with Crippen LogP contribution >= 0.6 is 11.3 Å². The van der Waals surface area contributed by atoms with Crippen molar-refractivity contribution in [1.82, 2.24) is 4.90 Å². The van der Waals surface area contributed by atoms with Crippen molar-refractivity contribution in [3.05, 3.63) is 16.3 Å². The van der Waals surface area contributed by atoms with Gasteiger partial charge < -0.3 is 20.5 Å². The van der Waals surface area contributed by atoms with Gasteiger partial charge in [-0.25, -0.2) is 0 Å². The van der Waals surface area contributed by atoms with E-state index in [0.717, 1.165) is 0 Å². The number of hydrogen-bond donors (Lipinski definition) is 2. The predicted octanol–water partition coefficient (Wildman–Crippen LogP) is 0.944. The summed E-state index contributed by atoms with van der Waals surface area (Å²) < 4.78 is 5.22. The Morgan fingerprint density at radius 3 is 2.83 bits per heavy atom. The fourth-order valence-electron chi connectivity index (χ4n) is 2.09. The lowest BCUT2D eigenvalue weighted by Crippen LogP contribution is -2.47. The van der Waals surface area contributed by atoms with Gasteiger partial charge in [0.2, 0.25) is 0 Å². The summed E-state index contributed by atoms with van der Waals surface area (Å²) in [6, 6.07) is 1.72. The highest BCUT2D eigenvalue weighted by Gasteiger charge is 2.33. The molecule has 0 atom stereocenters. The van der Waals surface area contributed by atoms with Crippen LogP contribution in [0.1, 0.15) is 22.5 Å². The van der Waals surface area contributed by atoms with Crippen LogP contribution in [0.15, 0.2) is 11.4 Å². The SMILES string of the molecule is CN(CC1(O)CCOCC1)C(=O)c1sccc1N. The number of likely N-dealkylation sites (N-methyl/N-ethyl adjacent to an activating group) is 1. The van der Waals surface area contributed by atoms with E-state index in [0.29, 0.717) is 43.2 Å². The average molecular weight is 270 g/mol. The smallest absolute Gasteiger partial charge is 0.265 e. The van der Waals surface area contributed by atoms with Crippen LogP contribution in [0.3, 0.4) is 0 Å². The number of nitrogens with zero attached hydrogens (tertiary/aromatic N) is 1. The van der Waals surface area contributed by atoms with Crippen LogP contribution in [0.2, 0.25) is 0 Å². The summed E-state index contributed by atoms with van der Waals surface area (Å²) in [6.07, 6.45) is 1.12. The normalized spacial score (nSPS) is 18.6. The fourth-order valence-corrected chi connectivity index (χ4v) is 2.90. The van der Waals surface area contributed by atoms with Crippen molar-refractivity contribution in [2.24, 2.45) is 0 Å². The minimum atomic E-state index is -0.839. The Morgan fingerprint density at radius 2 is 2.28 bits per heavy atom. The number of anilines is 1. The monoisotopic (exact) mass is 270 g/mol. The zero-order valence-corrected chi connectivity index (χ0v) is 11.2. The van der Waals surface area contributed by atoms with Gasteiger partial charge in [-0.3, -0.25) is 4.79 Å². The molecule has 0 bridgehead atoms. The molecule has 0 unspecified atom stereocenters. The molecular formula is C12H18N2O3S. The van der Waals surface area contributed by atoms with Crippen molar-refractivity contribution in [2.75, 3.05) is 32.5 Å². The summed E-state index contributed by atoms with van der Waals surface area (Å²) in [7, 11) is 1.69. The van der Waals surface area contributed by atoms with Gasteiger partial charge in [-0.15, -0.1) is 11.3 Å². The third-order valence-electron chi connectivity index (χ3n) is 3.19. The van der Waals surface area contributed by atoms with Crippen molar-refractivity contribution in [1.29, 1.82) is 0 Å². The predicted molar refractivity (Wildman–Crippen MR) is 70.7 cm³/mol. The molecule has 0 aliphatic carbocycles. The van der Waals surface area contributed by atoms with Crippen molar-refractivity contribution in [3.63, 3.8) is 0 Å². The maximum Gasteiger partial charge on any atom is 0.265 e. The molecule has 1 aromatic heterocycles. The highest BCUT2D eigenvalue weighted by Crippen LogP contribution is 2.24. The molecule has 1 amide bonds. The molecule has 1 saturated heterocycles. The van der Waals surface area contributed by atoms with E-state index >= 15 is 0 Å². The van der Waals surface area contributed by atoms with Gasteiger partial charge >= 0.3 is 0 Å². The molecule has 0 saturated carbocycles. The first-order valence-electron chi connectivity index (χ1n) is 5.90. The summed E-state index contributed by atoms with van der Waals surface area (Å²) in [6.45, 7) is 1.39. The molecule has 0 radical (unpaired) electrons. The summed E-state index contributed by atoms with van der Waals surface area (Å²) in [5.41, 5.74) is 5.38. The molecule has 3 N–H and O–H groups in total. The zero-order chi connectivity index (χ0) is 13.2. The summed E-state index contributed by atoms with van der Waals surface area (Å²) in [5, 5.41) is 12.1. The van der Waals surface area contributed by atoms with Crippen LogP contribution < -0.4 is 5.73 Å². The third kappa shape index (κ3) is 2.82. The Morgan fingerprint density at radius 1 is 1.61 bits per heavy atom. The first kappa shape index (κ1) is 13.3. The molecule has 0 spiro atoms. The average Bonchev–Trinajstić information content (AvgIpc) is 2.74. The molecule has 1 fully saturated rings. The number of thiophene rings is 1. The standard InChI is InChI=1S/C12H18N2O3S/c1-14(8-12(16)3-5-17-6-4-12)11(15)10-9(13)2-7-18-10/h2,7,16H,3-6,8,13H2,1H3. The Bertz CT molecular complexity index is 427. The number of ether oxygens (including phenoxy) is 1. The minimum absolute atomic E-state index is 0.137. The molecule has 2 rings (SSSR count). The number of hydrogen-bond acceptors (Lipinski definition) is 5. The first-order valence-corrected chi connectivity index (χ1v) is 6.78. The van der Waals surface area contributed by atoms with Crippen molar-refractivity contribution in [3.8, 4) is 0 Å². The lowest BCUT2D eigenvalue weighted by molar-refractivity contribution is -0.0733. The van der Waals surface area contributed by atoms with E-state index in [2.05, 4.69) is 0 Å². The fraction of sp³-hybridized carbons (Fsp3) is 0.583. The van der Waals surface area contributed by atoms with Crippen molar-refractivity contribution < 1.29 is 14.6 Å². The van der Waals surface area contributed by atoms with Gasteiger partial charge in [-0.2, -0.15) is 0 Å². The number of amides is 1. The lowest BCUT2D eigenvalue weighted by Gasteiger charge is -2.35. The second-order valence-electron chi connectivity index (χ2n) is 4.70. The summed E-state index contributed by atoms with van der Waals surface area (Å²) in [5.74, 6) is -0.137. The van der Waals surface area contributed by atoms with Gasteiger partial charge in [0.1, 0.15) is 4.88 Å². The van der Waals surface area contributed by atoms with Gasteiger partial charge in [0.25, 0.3) is 5.91 Å². The van der Waals surface area contributed by atoms with Gasteiger partial charge in [-0.1, -0.05) is 0 Å². The van der Waals surface area contributed by atoms with Gasteiger partial charge in [-0.05, 0) is 11.4 Å². The Balaban J connectivity index is 2.01. The molecule has 1 aliphatic heterocycles. The number of aliphatic hydroxyl groups is 1. The van der Waals surface area contributed by atoms with Crippen molar-refractivity contribution in [2.45, 2.75) is 18.4 Å². The van der Waals surface area contributed by atoms with Crippen molar-refractivity contribution >= 4 is 22.9 Å². The molecule has 1 aliphatic rings. The Hall–Kier alpha value is -1.11. The van der Waals surface area contributed by atoms with E-state index < -0.39 is 5.60 Å². The Kier molecular flexibility index (Phi) is 3.89. The molecule has 2 heterocycles. The van der Waals surface area contributed by atoms with E-state index in [1.54, 1.807) is 18.5 Å². The summed E-state index contributed by atoms with van der Waals surface area (Å²) >= 11 is 1.32. The maximum atomic E-state index is 12.2. The van der Waals surface area contributed by atoms with E-state index in [1.165, 1.54) is 16.2 Å². The number of nitrogens with two attached hydrogens (primary N) is 1. The number of rotatable bonds is 3. The van der Waals surface area contributed by atoms with Gasteiger partial charge in [0, 0.05) is 39.6 Å². The highest BCUT2D eigenvalue weighted by atomic mass is 32.1. The van der Waals surface area contributed by atoms with Gasteiger partial charge in [0.05, 0.1) is 11.3 Å². The van der Waals surface area contributed by atoms with Gasteiger partial charge in [0.15, 0.2) is 0 Å². The highest BCUT2D eigenvalue weighted by molar-refractivity contribution is 7.12. The van der Waals surface area contributed by atoms with Crippen LogP contribution in [0.25, 0.3) is 0 Å². The van der Waals surface area contributed by atoms with E-state index in [-0.39, 0.29) is 5.91 Å². The molecule has 1 aromatic rings. The van der Waals surface area contributed by atoms with Crippen LogP contribution in [0.5, 0.6) is 0 Å². The lowest BCUT2D eigenvalue weighted by atomic mass is 9.94. The minimum Gasteiger partial charge on any atom is -0.397 e. The number of carbonyl (C=O) groups excluding carboxylic acids is 1. The number of nitrogen functional groups attached to an aromatic ring is 1. The number of carbonyl (C=O) groups is 1. The zero-order valence-electron chi connectivity index (χ0n) is 10.4. The van der Waals surface area contributed by atoms with Crippen LogP contribution in [0.4, 0.5) is 5.69 Å². The summed E-state index contributed by atoms with van der Waals surface area (Å²) in [4.78, 5) is 14.2. The third-order valence-corrected chi connectivity index (χ3v) is 4.11. The van der Waals surface area contributed by atoms with Crippen LogP contribution in [-0.4, -0.2) is 48.3 Å².